The first-order valence-corrected chi connectivity index (χ1v) is 8.91. The van der Waals surface area contributed by atoms with Gasteiger partial charge in [-0.2, -0.15) is 5.26 Å². The summed E-state index contributed by atoms with van der Waals surface area (Å²) in [7, 11) is 0. The summed E-state index contributed by atoms with van der Waals surface area (Å²) in [6.45, 7) is 4.42. The van der Waals surface area contributed by atoms with E-state index in [9.17, 15) is 10.1 Å². The van der Waals surface area contributed by atoms with Crippen molar-refractivity contribution in [2.75, 3.05) is 17.7 Å². The number of nitriles is 1. The summed E-state index contributed by atoms with van der Waals surface area (Å²) >= 11 is 0. The molecule has 7 heteroatoms. The van der Waals surface area contributed by atoms with Crippen molar-refractivity contribution in [2.45, 2.75) is 45.2 Å². The van der Waals surface area contributed by atoms with Crippen LogP contribution in [0.25, 0.3) is 10.9 Å². The Morgan fingerprint density at radius 1 is 1.42 bits per heavy atom. The molecule has 0 amide bonds. The van der Waals surface area contributed by atoms with E-state index in [0.717, 1.165) is 19.3 Å². The number of rotatable bonds is 2. The molecule has 6 nitrogen and oxygen atoms in total. The summed E-state index contributed by atoms with van der Waals surface area (Å²) in [4.78, 5) is 12.6. The molecular weight excluding hydrogens is 335 g/mol. The summed E-state index contributed by atoms with van der Waals surface area (Å²) in [5.74, 6) is 0.216. The van der Waals surface area contributed by atoms with Crippen LogP contribution in [0.15, 0.2) is 11.0 Å². The average Bonchev–Trinajstić information content (AvgIpc) is 3.03. The molecule has 1 saturated carbocycles. The molecule has 2 heterocycles. The SMILES string of the molecule is C[C@@H]1CC[C@@H](Nc2c(F)c(N)c3c(=O)c(C#N)cn4c3c2OC[C@@H]4C)C1. The number of nitrogens with one attached hydrogen (secondary N) is 1. The van der Waals surface area contributed by atoms with E-state index in [0.29, 0.717) is 23.8 Å². The number of aromatic nitrogens is 1. The van der Waals surface area contributed by atoms with Gasteiger partial charge in [0, 0.05) is 12.2 Å². The molecule has 0 bridgehead atoms. The first kappa shape index (κ1) is 16.7. The maximum atomic E-state index is 15.1. The van der Waals surface area contributed by atoms with Gasteiger partial charge in [-0.15, -0.1) is 0 Å². The van der Waals surface area contributed by atoms with E-state index in [4.69, 9.17) is 10.5 Å². The van der Waals surface area contributed by atoms with Gasteiger partial charge in [-0.05, 0) is 32.1 Å². The van der Waals surface area contributed by atoms with Crippen LogP contribution in [0, 0.1) is 23.1 Å². The summed E-state index contributed by atoms with van der Waals surface area (Å²) in [5, 5.41) is 12.5. The molecule has 136 valence electrons. The van der Waals surface area contributed by atoms with E-state index < -0.39 is 11.2 Å². The van der Waals surface area contributed by atoms with Crippen molar-refractivity contribution in [3.05, 3.63) is 27.8 Å². The monoisotopic (exact) mass is 356 g/mol. The highest BCUT2D eigenvalue weighted by atomic mass is 19.1. The normalized spacial score (nSPS) is 24.3. The highest BCUT2D eigenvalue weighted by Gasteiger charge is 2.31. The number of nitrogens with zero attached hydrogens (tertiary/aromatic N) is 2. The summed E-state index contributed by atoms with van der Waals surface area (Å²) in [5.41, 5.74) is 5.86. The van der Waals surface area contributed by atoms with Crippen molar-refractivity contribution < 1.29 is 9.13 Å². The fraction of sp³-hybridized carbons (Fsp3) is 0.474. The molecule has 0 saturated heterocycles. The van der Waals surface area contributed by atoms with E-state index in [1.54, 1.807) is 4.57 Å². The molecule has 1 aliphatic heterocycles. The number of benzene rings is 1. The van der Waals surface area contributed by atoms with Crippen molar-refractivity contribution in [1.82, 2.24) is 4.57 Å². The topological polar surface area (TPSA) is 93.1 Å². The van der Waals surface area contributed by atoms with Crippen molar-refractivity contribution in [2.24, 2.45) is 5.92 Å². The molecule has 1 aromatic carbocycles. The highest BCUT2D eigenvalue weighted by Crippen LogP contribution is 2.44. The van der Waals surface area contributed by atoms with Gasteiger partial charge in [-0.1, -0.05) is 6.92 Å². The number of hydrogen-bond acceptors (Lipinski definition) is 5. The zero-order chi connectivity index (χ0) is 18.6. The number of hydrogen-bond donors (Lipinski definition) is 2. The lowest BCUT2D eigenvalue weighted by Gasteiger charge is -2.30. The van der Waals surface area contributed by atoms with Crippen molar-refractivity contribution in [1.29, 1.82) is 5.26 Å². The Morgan fingerprint density at radius 3 is 2.85 bits per heavy atom. The third-order valence-electron chi connectivity index (χ3n) is 5.51. The molecule has 2 aromatic rings. The van der Waals surface area contributed by atoms with Crippen molar-refractivity contribution in [3.63, 3.8) is 0 Å². The molecule has 0 unspecified atom stereocenters. The molecule has 1 aromatic heterocycles. The summed E-state index contributed by atoms with van der Waals surface area (Å²) in [6, 6.07) is 1.94. The average molecular weight is 356 g/mol. The Balaban J connectivity index is 2.00. The standard InChI is InChI=1S/C19H21FN4O2/c1-9-3-4-12(5-9)23-16-14(20)15(22)13-17-19(16)26-8-10(2)24(17)7-11(6-21)18(13)25/h7,9-10,12,23H,3-5,8,22H2,1-2H3/t9-,10+,12-/m1/s1. The molecule has 0 spiro atoms. The predicted molar refractivity (Wildman–Crippen MR) is 97.9 cm³/mol. The first-order chi connectivity index (χ1) is 12.4. The molecule has 2 aliphatic rings. The van der Waals surface area contributed by atoms with Crippen LogP contribution in [-0.4, -0.2) is 17.2 Å². The van der Waals surface area contributed by atoms with Crippen molar-refractivity contribution in [3.8, 4) is 11.8 Å². The highest BCUT2D eigenvalue weighted by molar-refractivity contribution is 6.00. The van der Waals surface area contributed by atoms with E-state index in [-0.39, 0.29) is 34.4 Å². The Hall–Kier alpha value is -2.75. The second-order valence-electron chi connectivity index (χ2n) is 7.47. The minimum absolute atomic E-state index is 0.0217. The van der Waals surface area contributed by atoms with Crippen LogP contribution >= 0.6 is 0 Å². The lowest BCUT2D eigenvalue weighted by molar-refractivity contribution is 0.247. The minimum Gasteiger partial charge on any atom is -0.487 e. The Morgan fingerprint density at radius 2 is 2.19 bits per heavy atom. The number of halogens is 1. The zero-order valence-electron chi connectivity index (χ0n) is 14.8. The molecule has 1 aliphatic carbocycles. The Kier molecular flexibility index (Phi) is 3.79. The Bertz CT molecular complexity index is 1010. The third kappa shape index (κ3) is 2.32. The smallest absolute Gasteiger partial charge is 0.209 e. The minimum atomic E-state index is -0.680. The fourth-order valence-electron chi connectivity index (χ4n) is 4.10. The van der Waals surface area contributed by atoms with Gasteiger partial charge in [0.1, 0.15) is 23.9 Å². The number of pyridine rings is 1. The van der Waals surface area contributed by atoms with E-state index >= 15 is 4.39 Å². The quantitative estimate of drug-likeness (QED) is 0.806. The van der Waals surface area contributed by atoms with Gasteiger partial charge in [-0.3, -0.25) is 4.79 Å². The van der Waals surface area contributed by atoms with Crippen LogP contribution in [0.4, 0.5) is 15.8 Å². The van der Waals surface area contributed by atoms with Gasteiger partial charge in [0.05, 0.1) is 22.6 Å². The van der Waals surface area contributed by atoms with E-state index in [1.807, 2.05) is 13.0 Å². The summed E-state index contributed by atoms with van der Waals surface area (Å²) in [6.07, 6.45) is 4.51. The lowest BCUT2D eigenvalue weighted by atomic mass is 10.0. The maximum Gasteiger partial charge on any atom is 0.209 e. The summed E-state index contributed by atoms with van der Waals surface area (Å²) < 4.78 is 22.7. The van der Waals surface area contributed by atoms with Gasteiger partial charge >= 0.3 is 0 Å². The van der Waals surface area contributed by atoms with Gasteiger partial charge in [0.2, 0.25) is 5.43 Å². The van der Waals surface area contributed by atoms with Crippen LogP contribution in [0.3, 0.4) is 0 Å². The fourth-order valence-corrected chi connectivity index (χ4v) is 4.10. The van der Waals surface area contributed by atoms with E-state index in [2.05, 4.69) is 12.2 Å². The van der Waals surface area contributed by atoms with Crippen LogP contribution < -0.4 is 21.2 Å². The molecule has 26 heavy (non-hydrogen) atoms. The molecule has 3 N–H and O–H groups in total. The van der Waals surface area contributed by atoms with Crippen molar-refractivity contribution >= 4 is 22.3 Å². The number of ether oxygens (including phenoxy) is 1. The molecule has 0 radical (unpaired) electrons. The second kappa shape index (κ2) is 5.90. The van der Waals surface area contributed by atoms with E-state index in [1.165, 1.54) is 6.20 Å². The molecule has 1 fully saturated rings. The lowest BCUT2D eigenvalue weighted by Crippen LogP contribution is -2.27. The first-order valence-electron chi connectivity index (χ1n) is 8.91. The van der Waals surface area contributed by atoms with Gasteiger partial charge < -0.3 is 20.4 Å². The number of nitrogens with two attached hydrogens (primary N) is 1. The number of anilines is 2. The van der Waals surface area contributed by atoms with Crippen LogP contribution in [0.1, 0.15) is 44.7 Å². The maximum absolute atomic E-state index is 15.1. The molecular formula is C19H21FN4O2. The second-order valence-corrected chi connectivity index (χ2v) is 7.47. The van der Waals surface area contributed by atoms with Crippen LogP contribution in [0.5, 0.6) is 5.75 Å². The van der Waals surface area contributed by atoms with Crippen LogP contribution in [0.2, 0.25) is 0 Å². The van der Waals surface area contributed by atoms with Gasteiger partial charge in [0.25, 0.3) is 0 Å². The third-order valence-corrected chi connectivity index (χ3v) is 5.51. The number of nitrogen functional groups attached to an aromatic ring is 1. The predicted octanol–water partition coefficient (Wildman–Crippen LogP) is 3.15. The van der Waals surface area contributed by atoms with Crippen LogP contribution in [-0.2, 0) is 0 Å². The Labute approximate surface area is 150 Å². The molecule has 3 atom stereocenters. The largest absolute Gasteiger partial charge is 0.487 e. The van der Waals surface area contributed by atoms with Gasteiger partial charge in [-0.25, -0.2) is 4.39 Å². The van der Waals surface area contributed by atoms with Gasteiger partial charge in [0.15, 0.2) is 11.6 Å². The molecule has 4 rings (SSSR count). The zero-order valence-corrected chi connectivity index (χ0v) is 14.8.